The van der Waals surface area contributed by atoms with Crippen LogP contribution in [0.4, 0.5) is 5.69 Å². The quantitative estimate of drug-likeness (QED) is 0.847. The maximum atomic E-state index is 12.4. The number of carboxylic acid groups (broad SMARTS) is 1. The second-order valence-electron chi connectivity index (χ2n) is 6.65. The van der Waals surface area contributed by atoms with Gasteiger partial charge in [0, 0.05) is 30.8 Å². The van der Waals surface area contributed by atoms with Crippen LogP contribution in [0.15, 0.2) is 24.3 Å². The number of nitrogens with zero attached hydrogens (tertiary/aromatic N) is 1. The summed E-state index contributed by atoms with van der Waals surface area (Å²) < 4.78 is 5.24. The molecule has 25 heavy (non-hydrogen) atoms. The molecule has 0 bridgehead atoms. The predicted octanol–water partition coefficient (Wildman–Crippen LogP) is 1.74. The highest BCUT2D eigenvalue weighted by Crippen LogP contribution is 2.44. The van der Waals surface area contributed by atoms with Gasteiger partial charge >= 0.3 is 5.97 Å². The minimum Gasteiger partial charge on any atom is -0.481 e. The number of rotatable bonds is 5. The number of hydrogen-bond donors (Lipinski definition) is 2. The highest BCUT2D eigenvalue weighted by Gasteiger charge is 2.45. The van der Waals surface area contributed by atoms with Crippen molar-refractivity contribution < 1.29 is 24.2 Å². The monoisotopic (exact) mass is 346 g/mol. The summed E-state index contributed by atoms with van der Waals surface area (Å²) in [5, 5.41) is 12.0. The van der Waals surface area contributed by atoms with Crippen LogP contribution in [-0.2, 0) is 14.3 Å². The summed E-state index contributed by atoms with van der Waals surface area (Å²) in [5.74, 6) is -1.27. The number of amides is 2. The Morgan fingerprint density at radius 3 is 2.28 bits per heavy atom. The first-order chi connectivity index (χ1) is 12.0. The van der Waals surface area contributed by atoms with E-state index in [4.69, 9.17) is 4.74 Å². The van der Waals surface area contributed by atoms with Gasteiger partial charge in [-0.25, -0.2) is 0 Å². The maximum absolute atomic E-state index is 12.4. The fraction of sp³-hybridized carbons (Fsp3) is 0.500. The van der Waals surface area contributed by atoms with Crippen LogP contribution in [0.3, 0.4) is 0 Å². The number of carboxylic acids is 1. The lowest BCUT2D eigenvalue weighted by Crippen LogP contribution is -2.41. The molecule has 1 aromatic rings. The van der Waals surface area contributed by atoms with E-state index < -0.39 is 11.4 Å². The van der Waals surface area contributed by atoms with Gasteiger partial charge in [0.15, 0.2) is 0 Å². The number of ether oxygens (including phenoxy) is 1. The number of anilines is 1. The molecule has 1 saturated carbocycles. The van der Waals surface area contributed by atoms with Crippen molar-refractivity contribution in [1.29, 1.82) is 0 Å². The minimum atomic E-state index is -0.906. The molecular formula is C18H22N2O5. The van der Waals surface area contributed by atoms with Crippen LogP contribution in [0.2, 0.25) is 0 Å². The largest absolute Gasteiger partial charge is 0.481 e. The van der Waals surface area contributed by atoms with Crippen molar-refractivity contribution in [3.05, 3.63) is 29.8 Å². The van der Waals surface area contributed by atoms with E-state index in [9.17, 15) is 19.5 Å². The summed E-state index contributed by atoms with van der Waals surface area (Å²) in [5.41, 5.74) is 0.209. The van der Waals surface area contributed by atoms with E-state index in [1.54, 1.807) is 29.2 Å². The highest BCUT2D eigenvalue weighted by molar-refractivity contribution is 5.97. The van der Waals surface area contributed by atoms with Crippen molar-refractivity contribution in [2.75, 3.05) is 31.6 Å². The molecule has 2 N–H and O–H groups in total. The van der Waals surface area contributed by atoms with Crippen LogP contribution in [0.5, 0.6) is 0 Å². The summed E-state index contributed by atoms with van der Waals surface area (Å²) in [6.07, 6.45) is 1.92. The van der Waals surface area contributed by atoms with Gasteiger partial charge in [0.2, 0.25) is 5.91 Å². The molecule has 1 aromatic carbocycles. The highest BCUT2D eigenvalue weighted by atomic mass is 16.5. The number of carbonyl (C=O) groups is 3. The standard InChI is InChI=1S/C18H22N2O5/c21-15(12-18(17(23)24)6-1-7-18)19-14-4-2-13(3-5-14)16(22)20-8-10-25-11-9-20/h2-5H,1,6-12H2,(H,19,21)(H,23,24). The fourth-order valence-corrected chi connectivity index (χ4v) is 3.23. The molecular weight excluding hydrogens is 324 g/mol. The molecule has 134 valence electrons. The van der Waals surface area contributed by atoms with Crippen molar-refractivity contribution in [3.63, 3.8) is 0 Å². The SMILES string of the molecule is O=C(CC1(C(=O)O)CCC1)Nc1ccc(C(=O)N2CCOCC2)cc1. The van der Waals surface area contributed by atoms with Crippen LogP contribution < -0.4 is 5.32 Å². The summed E-state index contributed by atoms with van der Waals surface area (Å²) in [7, 11) is 0. The van der Waals surface area contributed by atoms with Gasteiger partial charge in [0.1, 0.15) is 0 Å². The van der Waals surface area contributed by atoms with E-state index in [0.29, 0.717) is 50.4 Å². The second-order valence-corrected chi connectivity index (χ2v) is 6.65. The maximum Gasteiger partial charge on any atom is 0.310 e. The lowest BCUT2D eigenvalue weighted by atomic mass is 9.66. The summed E-state index contributed by atoms with van der Waals surface area (Å²) in [4.78, 5) is 37.6. The van der Waals surface area contributed by atoms with E-state index in [1.165, 1.54) is 0 Å². The van der Waals surface area contributed by atoms with Gasteiger partial charge in [-0.3, -0.25) is 14.4 Å². The number of carbonyl (C=O) groups excluding carboxylic acids is 2. The topological polar surface area (TPSA) is 95.9 Å². The number of nitrogens with one attached hydrogen (secondary N) is 1. The predicted molar refractivity (Wildman–Crippen MR) is 90.3 cm³/mol. The van der Waals surface area contributed by atoms with E-state index in [2.05, 4.69) is 5.32 Å². The number of hydrogen-bond acceptors (Lipinski definition) is 4. The average molecular weight is 346 g/mol. The van der Waals surface area contributed by atoms with Gasteiger partial charge in [0.25, 0.3) is 5.91 Å². The Bertz CT molecular complexity index is 661. The molecule has 0 spiro atoms. The van der Waals surface area contributed by atoms with Crippen molar-refractivity contribution >= 4 is 23.5 Å². The van der Waals surface area contributed by atoms with Crippen LogP contribution in [0.1, 0.15) is 36.0 Å². The van der Waals surface area contributed by atoms with Crippen LogP contribution in [-0.4, -0.2) is 54.1 Å². The van der Waals surface area contributed by atoms with Crippen LogP contribution >= 0.6 is 0 Å². The minimum absolute atomic E-state index is 0.0171. The van der Waals surface area contributed by atoms with Gasteiger partial charge in [-0.05, 0) is 37.1 Å². The van der Waals surface area contributed by atoms with Gasteiger partial charge in [-0.15, -0.1) is 0 Å². The first kappa shape index (κ1) is 17.4. The van der Waals surface area contributed by atoms with Crippen molar-refractivity contribution in [2.24, 2.45) is 5.41 Å². The summed E-state index contributed by atoms with van der Waals surface area (Å²) in [6.45, 7) is 2.25. The summed E-state index contributed by atoms with van der Waals surface area (Å²) in [6, 6.07) is 6.67. The first-order valence-corrected chi connectivity index (χ1v) is 8.50. The Labute approximate surface area is 146 Å². The zero-order chi connectivity index (χ0) is 17.9. The van der Waals surface area contributed by atoms with Crippen LogP contribution in [0, 0.1) is 5.41 Å². The number of benzene rings is 1. The smallest absolute Gasteiger partial charge is 0.310 e. The number of morpholine rings is 1. The molecule has 7 heteroatoms. The normalized spacial score (nSPS) is 19.0. The molecule has 1 saturated heterocycles. The molecule has 1 aliphatic heterocycles. The summed E-state index contributed by atoms with van der Waals surface area (Å²) >= 11 is 0. The van der Waals surface area contributed by atoms with Crippen LogP contribution in [0.25, 0.3) is 0 Å². The Morgan fingerprint density at radius 2 is 1.76 bits per heavy atom. The molecule has 1 aliphatic carbocycles. The third-order valence-corrected chi connectivity index (χ3v) is 4.98. The molecule has 7 nitrogen and oxygen atoms in total. The lowest BCUT2D eigenvalue weighted by molar-refractivity contribution is -0.157. The zero-order valence-electron chi connectivity index (χ0n) is 14.0. The molecule has 3 rings (SSSR count). The average Bonchev–Trinajstić information content (AvgIpc) is 2.58. The van der Waals surface area contributed by atoms with Gasteiger partial charge < -0.3 is 20.1 Å². The molecule has 0 radical (unpaired) electrons. The molecule has 0 unspecified atom stereocenters. The second kappa shape index (κ2) is 7.23. The fourth-order valence-electron chi connectivity index (χ4n) is 3.23. The Morgan fingerprint density at radius 1 is 1.12 bits per heavy atom. The molecule has 2 fully saturated rings. The molecule has 0 atom stereocenters. The first-order valence-electron chi connectivity index (χ1n) is 8.50. The molecule has 0 aromatic heterocycles. The molecule has 1 heterocycles. The van der Waals surface area contributed by atoms with Crippen molar-refractivity contribution in [2.45, 2.75) is 25.7 Å². The lowest BCUT2D eigenvalue weighted by Gasteiger charge is -2.36. The van der Waals surface area contributed by atoms with E-state index in [1.807, 2.05) is 0 Å². The van der Waals surface area contributed by atoms with E-state index in [-0.39, 0.29) is 18.2 Å². The van der Waals surface area contributed by atoms with Gasteiger partial charge in [-0.2, -0.15) is 0 Å². The van der Waals surface area contributed by atoms with Gasteiger partial charge in [0.05, 0.1) is 18.6 Å². The Kier molecular flexibility index (Phi) is 5.03. The van der Waals surface area contributed by atoms with Crippen molar-refractivity contribution in [3.8, 4) is 0 Å². The molecule has 2 amide bonds. The van der Waals surface area contributed by atoms with E-state index in [0.717, 1.165) is 6.42 Å². The number of aliphatic carboxylic acids is 1. The zero-order valence-corrected chi connectivity index (χ0v) is 14.0. The Balaban J connectivity index is 1.58. The van der Waals surface area contributed by atoms with E-state index >= 15 is 0 Å². The third kappa shape index (κ3) is 3.82. The third-order valence-electron chi connectivity index (χ3n) is 4.98. The Hall–Kier alpha value is -2.41. The molecule has 2 aliphatic rings. The van der Waals surface area contributed by atoms with Crippen molar-refractivity contribution in [1.82, 2.24) is 4.90 Å². The van der Waals surface area contributed by atoms with Gasteiger partial charge in [-0.1, -0.05) is 6.42 Å².